The average Bonchev–Trinajstić information content (AvgIpc) is 3.14. The molecular formula is C24H32N4O. The molecule has 2 aromatic heterocycles. The van der Waals surface area contributed by atoms with E-state index in [2.05, 4.69) is 66.9 Å². The van der Waals surface area contributed by atoms with Gasteiger partial charge in [-0.1, -0.05) is 12.1 Å². The van der Waals surface area contributed by atoms with Crippen LogP contribution in [0.15, 0.2) is 24.4 Å². The zero-order valence-corrected chi connectivity index (χ0v) is 18.5. The third-order valence-electron chi connectivity index (χ3n) is 7.69. The molecule has 3 atom stereocenters. The van der Waals surface area contributed by atoms with Gasteiger partial charge in [0.1, 0.15) is 5.60 Å². The number of likely N-dealkylation sites (tertiary alicyclic amines) is 1. The molecule has 2 aliphatic rings. The van der Waals surface area contributed by atoms with Crippen LogP contribution in [0.3, 0.4) is 0 Å². The van der Waals surface area contributed by atoms with Crippen molar-refractivity contribution >= 4 is 10.9 Å². The molecule has 5 rings (SSSR count). The Balaban J connectivity index is 1.59. The van der Waals surface area contributed by atoms with Crippen molar-refractivity contribution in [2.75, 3.05) is 20.7 Å². The lowest BCUT2D eigenvalue weighted by atomic mass is 9.68. The first-order chi connectivity index (χ1) is 13.9. The molecule has 3 aromatic rings. The molecule has 154 valence electrons. The van der Waals surface area contributed by atoms with Gasteiger partial charge in [0.2, 0.25) is 0 Å². The molecule has 0 unspecified atom stereocenters. The Morgan fingerprint density at radius 1 is 1.21 bits per heavy atom. The minimum absolute atomic E-state index is 0.254. The summed E-state index contributed by atoms with van der Waals surface area (Å²) in [6.45, 7) is 5.43. The molecule has 1 fully saturated rings. The van der Waals surface area contributed by atoms with Gasteiger partial charge in [-0.3, -0.25) is 9.58 Å². The molecule has 0 bridgehead atoms. The number of nitrogens with zero attached hydrogens (tertiary/aromatic N) is 4. The molecule has 3 heterocycles. The van der Waals surface area contributed by atoms with Crippen LogP contribution in [0.2, 0.25) is 0 Å². The van der Waals surface area contributed by atoms with Crippen molar-refractivity contribution in [3.63, 3.8) is 0 Å². The molecule has 0 amide bonds. The number of aromatic nitrogens is 3. The summed E-state index contributed by atoms with van der Waals surface area (Å²) in [5.41, 5.74) is 7.75. The number of rotatable bonds is 3. The molecule has 0 spiro atoms. The summed E-state index contributed by atoms with van der Waals surface area (Å²) in [7, 11) is 8.40. The van der Waals surface area contributed by atoms with Crippen LogP contribution in [0.4, 0.5) is 0 Å². The minimum Gasteiger partial charge on any atom is -0.372 e. The highest BCUT2D eigenvalue weighted by Crippen LogP contribution is 2.50. The van der Waals surface area contributed by atoms with E-state index in [0.717, 1.165) is 31.5 Å². The molecule has 1 saturated heterocycles. The van der Waals surface area contributed by atoms with Crippen LogP contribution in [0, 0.1) is 19.8 Å². The van der Waals surface area contributed by atoms with Crippen molar-refractivity contribution in [3.8, 4) is 0 Å². The summed E-state index contributed by atoms with van der Waals surface area (Å²) in [4.78, 5) is 2.55. The maximum absolute atomic E-state index is 6.47. The van der Waals surface area contributed by atoms with Crippen molar-refractivity contribution in [2.24, 2.45) is 20.0 Å². The first kappa shape index (κ1) is 18.9. The highest BCUT2D eigenvalue weighted by molar-refractivity contribution is 5.89. The molecule has 0 N–H and O–H groups in total. The number of aryl methyl sites for hydroxylation is 3. The molecule has 5 heteroatoms. The van der Waals surface area contributed by atoms with E-state index in [-0.39, 0.29) is 5.60 Å². The summed E-state index contributed by atoms with van der Waals surface area (Å²) in [5, 5.41) is 6.06. The Labute approximate surface area is 173 Å². The number of methoxy groups -OCH3 is 1. The van der Waals surface area contributed by atoms with Gasteiger partial charge in [0.15, 0.2) is 0 Å². The zero-order valence-electron chi connectivity index (χ0n) is 18.5. The molecule has 0 radical (unpaired) electrons. The predicted octanol–water partition coefficient (Wildman–Crippen LogP) is 3.49. The summed E-state index contributed by atoms with van der Waals surface area (Å²) in [6, 6.07) is 7.11. The van der Waals surface area contributed by atoms with Crippen LogP contribution < -0.4 is 0 Å². The first-order valence-electron chi connectivity index (χ1n) is 10.7. The number of benzene rings is 1. The lowest BCUT2D eigenvalue weighted by Gasteiger charge is -2.53. The minimum atomic E-state index is -0.254. The van der Waals surface area contributed by atoms with Gasteiger partial charge in [0, 0.05) is 56.6 Å². The number of piperidine rings is 1. The van der Waals surface area contributed by atoms with Crippen LogP contribution in [0.25, 0.3) is 10.9 Å². The van der Waals surface area contributed by atoms with Crippen LogP contribution in [0.5, 0.6) is 0 Å². The monoisotopic (exact) mass is 392 g/mol. The fourth-order valence-corrected chi connectivity index (χ4v) is 6.25. The zero-order chi connectivity index (χ0) is 20.5. The van der Waals surface area contributed by atoms with Gasteiger partial charge in [-0.2, -0.15) is 5.10 Å². The van der Waals surface area contributed by atoms with Crippen LogP contribution in [-0.4, -0.2) is 46.0 Å². The Bertz CT molecular complexity index is 1090. The lowest BCUT2D eigenvalue weighted by molar-refractivity contribution is -0.125. The number of hydrogen-bond donors (Lipinski definition) is 0. The standard InChI is InChI=1S/C24H32N4O/c1-15-19(16(2)28(5)25-15)10-17-12-24(29-6)20-8-7-9-21-23(20)18(14-26(21)3)11-22(24)27(4)13-17/h7-9,14,17,22H,10-13H2,1-6H3/t17-,22-,24+/m1/s1. The third-order valence-corrected chi connectivity index (χ3v) is 7.69. The predicted molar refractivity (Wildman–Crippen MR) is 116 cm³/mol. The van der Waals surface area contributed by atoms with Gasteiger partial charge in [0.05, 0.1) is 5.69 Å². The topological polar surface area (TPSA) is 35.2 Å². The van der Waals surface area contributed by atoms with Crippen molar-refractivity contribution in [1.29, 1.82) is 0 Å². The number of likely N-dealkylation sites (N-methyl/N-ethyl adjacent to an activating group) is 1. The fraction of sp³-hybridized carbons (Fsp3) is 0.542. The van der Waals surface area contributed by atoms with Gasteiger partial charge < -0.3 is 9.30 Å². The lowest BCUT2D eigenvalue weighted by Crippen LogP contribution is -2.59. The maximum atomic E-state index is 6.47. The van der Waals surface area contributed by atoms with Crippen LogP contribution >= 0.6 is 0 Å². The third kappa shape index (κ3) is 2.57. The Morgan fingerprint density at radius 3 is 2.69 bits per heavy atom. The number of hydrogen-bond acceptors (Lipinski definition) is 3. The second kappa shape index (κ2) is 6.44. The molecule has 1 aromatic carbocycles. The van der Waals surface area contributed by atoms with Crippen molar-refractivity contribution in [1.82, 2.24) is 19.2 Å². The van der Waals surface area contributed by atoms with E-state index in [9.17, 15) is 0 Å². The maximum Gasteiger partial charge on any atom is 0.109 e. The SMILES string of the molecule is CO[C@]12C[C@@H](Cc3c(C)nn(C)c3C)CN(C)[C@@H]1Cc1cn(C)c3cccc2c13. The van der Waals surface area contributed by atoms with E-state index in [0.29, 0.717) is 12.0 Å². The van der Waals surface area contributed by atoms with Gasteiger partial charge in [-0.05, 0) is 68.8 Å². The summed E-state index contributed by atoms with van der Waals surface area (Å²) in [5.74, 6) is 0.540. The summed E-state index contributed by atoms with van der Waals surface area (Å²) in [6.07, 6.45) is 5.48. The van der Waals surface area contributed by atoms with Gasteiger partial charge in [0.25, 0.3) is 0 Å². The van der Waals surface area contributed by atoms with Crippen LogP contribution in [0.1, 0.15) is 34.5 Å². The normalized spacial score (nSPS) is 26.8. The molecule has 1 aliphatic heterocycles. The summed E-state index contributed by atoms with van der Waals surface area (Å²) < 4.78 is 10.8. The van der Waals surface area contributed by atoms with Gasteiger partial charge in [-0.15, -0.1) is 0 Å². The van der Waals surface area contributed by atoms with Crippen molar-refractivity contribution in [3.05, 3.63) is 52.5 Å². The molecule has 1 aliphatic carbocycles. The number of ether oxygens (including phenoxy) is 1. The van der Waals surface area contributed by atoms with E-state index >= 15 is 0 Å². The van der Waals surface area contributed by atoms with E-state index in [1.165, 1.54) is 33.3 Å². The van der Waals surface area contributed by atoms with E-state index in [1.54, 1.807) is 0 Å². The van der Waals surface area contributed by atoms with Gasteiger partial charge >= 0.3 is 0 Å². The molecule has 29 heavy (non-hydrogen) atoms. The molecule has 5 nitrogen and oxygen atoms in total. The molecular weight excluding hydrogens is 360 g/mol. The van der Waals surface area contributed by atoms with Crippen molar-refractivity contribution in [2.45, 2.75) is 44.8 Å². The smallest absolute Gasteiger partial charge is 0.109 e. The Morgan fingerprint density at radius 2 is 2.00 bits per heavy atom. The average molecular weight is 393 g/mol. The van der Waals surface area contributed by atoms with Crippen molar-refractivity contribution < 1.29 is 4.74 Å². The fourth-order valence-electron chi connectivity index (χ4n) is 6.25. The van der Waals surface area contributed by atoms with E-state index in [1.807, 2.05) is 18.8 Å². The quantitative estimate of drug-likeness (QED) is 0.684. The van der Waals surface area contributed by atoms with E-state index in [4.69, 9.17) is 4.74 Å². The number of fused-ring (bicyclic) bond motifs is 2. The van der Waals surface area contributed by atoms with E-state index < -0.39 is 0 Å². The summed E-state index contributed by atoms with van der Waals surface area (Å²) >= 11 is 0. The Kier molecular flexibility index (Phi) is 4.20. The highest BCUT2D eigenvalue weighted by Gasteiger charge is 2.51. The first-order valence-corrected chi connectivity index (χ1v) is 10.7. The second-order valence-corrected chi connectivity index (χ2v) is 9.27. The molecule has 0 saturated carbocycles. The van der Waals surface area contributed by atoms with Crippen LogP contribution in [-0.2, 0) is 37.3 Å². The Hall–Kier alpha value is -2.11. The largest absolute Gasteiger partial charge is 0.372 e. The van der Waals surface area contributed by atoms with Gasteiger partial charge in [-0.25, -0.2) is 0 Å². The second-order valence-electron chi connectivity index (χ2n) is 9.27. The highest BCUT2D eigenvalue weighted by atomic mass is 16.5.